The molecule has 0 N–H and O–H groups in total. The average Bonchev–Trinajstić information content (AvgIpc) is 2.92. The van der Waals surface area contributed by atoms with Crippen LogP contribution in [-0.4, -0.2) is 58.5 Å². The molecule has 1 fully saturated rings. The number of rotatable bonds is 5. The third-order valence-corrected chi connectivity index (χ3v) is 8.91. The van der Waals surface area contributed by atoms with Crippen LogP contribution in [0.3, 0.4) is 0 Å². The van der Waals surface area contributed by atoms with E-state index in [-0.39, 0.29) is 10.8 Å². The molecule has 0 spiro atoms. The Bertz CT molecular complexity index is 1360. The molecule has 8 heteroatoms. The fourth-order valence-corrected chi connectivity index (χ4v) is 6.48. The summed E-state index contributed by atoms with van der Waals surface area (Å²) in [4.78, 5) is 17.4. The van der Waals surface area contributed by atoms with Crippen LogP contribution in [0.25, 0.3) is 0 Å². The Morgan fingerprint density at radius 3 is 2.31 bits per heavy atom. The summed E-state index contributed by atoms with van der Waals surface area (Å²) in [6, 6.07) is 20.5. The number of amides is 1. The highest BCUT2D eigenvalue weighted by Crippen LogP contribution is 2.33. The number of anilines is 2. The molecule has 0 unspecified atom stereocenters. The number of carbonyl (C=O) groups excluding carboxylic acids is 1. The number of ether oxygens (including phenoxy) is 1. The van der Waals surface area contributed by atoms with Gasteiger partial charge in [0.25, 0.3) is 5.91 Å². The van der Waals surface area contributed by atoms with Crippen molar-refractivity contribution in [3.8, 4) is 5.75 Å². The second kappa shape index (κ2) is 9.95. The van der Waals surface area contributed by atoms with Crippen LogP contribution in [0.5, 0.6) is 5.75 Å². The summed E-state index contributed by atoms with van der Waals surface area (Å²) in [7, 11) is -2.00. The van der Waals surface area contributed by atoms with Gasteiger partial charge in [0.2, 0.25) is 10.0 Å². The Kier molecular flexibility index (Phi) is 6.73. The molecule has 2 aliphatic rings. The molecule has 0 aromatic heterocycles. The SMILES string of the molecule is COc1ccccc1N1CCN(S(=O)(=O)c2ccc3c(c2)CCCN3C(=O)c2ccc(C)cc2)CC1. The molecule has 36 heavy (non-hydrogen) atoms. The van der Waals surface area contributed by atoms with Gasteiger partial charge in [0.05, 0.1) is 17.7 Å². The Balaban J connectivity index is 1.33. The molecule has 3 aromatic rings. The van der Waals surface area contributed by atoms with Gasteiger partial charge in [-0.1, -0.05) is 29.8 Å². The summed E-state index contributed by atoms with van der Waals surface area (Å²) in [6.45, 7) is 4.58. The Morgan fingerprint density at radius 1 is 0.861 bits per heavy atom. The van der Waals surface area contributed by atoms with E-state index in [2.05, 4.69) is 4.90 Å². The molecule has 2 aliphatic heterocycles. The number of benzene rings is 3. The minimum atomic E-state index is -3.64. The van der Waals surface area contributed by atoms with E-state index in [1.807, 2.05) is 55.5 Å². The third kappa shape index (κ3) is 4.58. The van der Waals surface area contributed by atoms with Gasteiger partial charge in [-0.2, -0.15) is 4.31 Å². The quantitative estimate of drug-likeness (QED) is 0.522. The van der Waals surface area contributed by atoms with Crippen molar-refractivity contribution in [2.75, 3.05) is 49.6 Å². The predicted octanol–water partition coefficient (Wildman–Crippen LogP) is 4.11. The maximum absolute atomic E-state index is 13.5. The van der Waals surface area contributed by atoms with E-state index in [1.165, 1.54) is 0 Å². The van der Waals surface area contributed by atoms with E-state index in [1.54, 1.807) is 34.5 Å². The van der Waals surface area contributed by atoms with Crippen molar-refractivity contribution in [3.05, 3.63) is 83.4 Å². The molecule has 1 amide bonds. The lowest BCUT2D eigenvalue weighted by Crippen LogP contribution is -2.48. The Labute approximate surface area is 212 Å². The molecule has 0 atom stereocenters. The fourth-order valence-electron chi connectivity index (χ4n) is 5.01. The summed E-state index contributed by atoms with van der Waals surface area (Å²) < 4.78 is 34.0. The summed E-state index contributed by atoms with van der Waals surface area (Å²) in [5.41, 5.74) is 4.41. The summed E-state index contributed by atoms with van der Waals surface area (Å²) in [5.74, 6) is 0.729. The Morgan fingerprint density at radius 2 is 1.58 bits per heavy atom. The molecule has 2 heterocycles. The van der Waals surface area contributed by atoms with Gasteiger partial charge in [-0.25, -0.2) is 8.42 Å². The number of fused-ring (bicyclic) bond motifs is 1. The topological polar surface area (TPSA) is 70.2 Å². The van der Waals surface area contributed by atoms with E-state index in [4.69, 9.17) is 4.74 Å². The average molecular weight is 506 g/mol. The first kappa shape index (κ1) is 24.3. The molecule has 188 valence electrons. The van der Waals surface area contributed by atoms with E-state index in [9.17, 15) is 13.2 Å². The highest BCUT2D eigenvalue weighted by molar-refractivity contribution is 7.89. The molecule has 3 aromatic carbocycles. The van der Waals surface area contributed by atoms with Crippen LogP contribution in [0.2, 0.25) is 0 Å². The van der Waals surface area contributed by atoms with Crippen molar-refractivity contribution in [1.82, 2.24) is 4.31 Å². The van der Waals surface area contributed by atoms with E-state index in [0.717, 1.165) is 41.1 Å². The maximum Gasteiger partial charge on any atom is 0.258 e. The van der Waals surface area contributed by atoms with Gasteiger partial charge in [-0.05, 0) is 67.8 Å². The third-order valence-electron chi connectivity index (χ3n) is 7.02. The highest BCUT2D eigenvalue weighted by atomic mass is 32.2. The van der Waals surface area contributed by atoms with Gasteiger partial charge in [0, 0.05) is 44.0 Å². The van der Waals surface area contributed by atoms with Gasteiger partial charge < -0.3 is 14.5 Å². The first-order valence-corrected chi connectivity index (χ1v) is 13.7. The number of para-hydroxylation sites is 2. The minimum Gasteiger partial charge on any atom is -0.495 e. The number of carbonyl (C=O) groups is 1. The van der Waals surface area contributed by atoms with Crippen LogP contribution in [-0.2, 0) is 16.4 Å². The standard InChI is InChI=1S/C28H31N3O4S/c1-21-9-11-22(12-10-21)28(32)31-15-5-6-23-20-24(13-14-25(23)31)36(33,34)30-18-16-29(17-19-30)26-7-3-4-8-27(26)35-2/h3-4,7-14,20H,5-6,15-19H2,1-2H3. The molecule has 0 bridgehead atoms. The molecular formula is C28H31N3O4S. The molecule has 0 radical (unpaired) electrons. The van der Waals surface area contributed by atoms with Crippen molar-refractivity contribution in [3.63, 3.8) is 0 Å². The van der Waals surface area contributed by atoms with Crippen molar-refractivity contribution in [1.29, 1.82) is 0 Å². The van der Waals surface area contributed by atoms with Gasteiger partial charge in [0.1, 0.15) is 5.75 Å². The van der Waals surface area contributed by atoms with Crippen LogP contribution < -0.4 is 14.5 Å². The molecule has 0 aliphatic carbocycles. The van der Waals surface area contributed by atoms with E-state index in [0.29, 0.717) is 38.3 Å². The second-order valence-electron chi connectivity index (χ2n) is 9.28. The maximum atomic E-state index is 13.5. The van der Waals surface area contributed by atoms with Crippen LogP contribution in [0.4, 0.5) is 11.4 Å². The zero-order chi connectivity index (χ0) is 25.3. The second-order valence-corrected chi connectivity index (χ2v) is 11.2. The highest BCUT2D eigenvalue weighted by Gasteiger charge is 2.31. The number of hydrogen-bond acceptors (Lipinski definition) is 5. The van der Waals surface area contributed by atoms with Crippen molar-refractivity contribution >= 4 is 27.3 Å². The molecule has 0 saturated carbocycles. The number of hydrogen-bond donors (Lipinski definition) is 0. The van der Waals surface area contributed by atoms with Crippen LogP contribution >= 0.6 is 0 Å². The monoisotopic (exact) mass is 505 g/mol. The number of methoxy groups -OCH3 is 1. The first-order chi connectivity index (χ1) is 17.4. The van der Waals surface area contributed by atoms with Crippen molar-refractivity contribution < 1.29 is 17.9 Å². The predicted molar refractivity (Wildman–Crippen MR) is 142 cm³/mol. The molecular weight excluding hydrogens is 474 g/mol. The van der Waals surface area contributed by atoms with Gasteiger partial charge in [-0.3, -0.25) is 4.79 Å². The normalized spacial score (nSPS) is 16.5. The number of sulfonamides is 1. The van der Waals surface area contributed by atoms with Gasteiger partial charge in [0.15, 0.2) is 0 Å². The van der Waals surface area contributed by atoms with Crippen molar-refractivity contribution in [2.24, 2.45) is 0 Å². The van der Waals surface area contributed by atoms with Gasteiger partial charge in [-0.15, -0.1) is 0 Å². The molecule has 7 nitrogen and oxygen atoms in total. The molecule has 1 saturated heterocycles. The smallest absolute Gasteiger partial charge is 0.258 e. The summed E-state index contributed by atoms with van der Waals surface area (Å²) in [6.07, 6.45) is 1.55. The zero-order valence-electron chi connectivity index (χ0n) is 20.7. The number of nitrogens with zero attached hydrogens (tertiary/aromatic N) is 3. The lowest BCUT2D eigenvalue weighted by molar-refractivity contribution is 0.0985. The van der Waals surface area contributed by atoms with Crippen LogP contribution in [0.1, 0.15) is 27.9 Å². The van der Waals surface area contributed by atoms with Crippen LogP contribution in [0, 0.1) is 6.92 Å². The van der Waals surface area contributed by atoms with Crippen molar-refractivity contribution in [2.45, 2.75) is 24.7 Å². The minimum absolute atomic E-state index is 0.0565. The van der Waals surface area contributed by atoms with E-state index < -0.39 is 10.0 Å². The zero-order valence-corrected chi connectivity index (χ0v) is 21.5. The largest absolute Gasteiger partial charge is 0.495 e. The lowest BCUT2D eigenvalue weighted by atomic mass is 10.0. The number of aryl methyl sites for hydroxylation is 2. The summed E-state index contributed by atoms with van der Waals surface area (Å²) in [5, 5.41) is 0. The Hall–Kier alpha value is -3.36. The van der Waals surface area contributed by atoms with Crippen LogP contribution in [0.15, 0.2) is 71.6 Å². The number of piperazine rings is 1. The lowest BCUT2D eigenvalue weighted by Gasteiger charge is -2.36. The van der Waals surface area contributed by atoms with E-state index >= 15 is 0 Å². The fraction of sp³-hybridized carbons (Fsp3) is 0.321. The first-order valence-electron chi connectivity index (χ1n) is 12.3. The van der Waals surface area contributed by atoms with Gasteiger partial charge >= 0.3 is 0 Å². The molecule has 5 rings (SSSR count). The summed E-state index contributed by atoms with van der Waals surface area (Å²) >= 11 is 0.